The van der Waals surface area contributed by atoms with Crippen molar-refractivity contribution in [1.29, 1.82) is 0 Å². The van der Waals surface area contributed by atoms with Crippen molar-refractivity contribution in [3.8, 4) is 0 Å². The first-order valence-corrected chi connectivity index (χ1v) is 4.06. The van der Waals surface area contributed by atoms with Gasteiger partial charge >= 0.3 is 0 Å². The fourth-order valence-corrected chi connectivity index (χ4v) is 1.64. The number of hydrogen-bond donors (Lipinski definition) is 0. The molecule has 1 unspecified atom stereocenters. The molecule has 0 aromatic carbocycles. The first kappa shape index (κ1) is 5.49. The molecule has 1 fully saturated rings. The highest BCUT2D eigenvalue weighted by molar-refractivity contribution is 7.99. The lowest BCUT2D eigenvalue weighted by Gasteiger charge is -1.99. The van der Waals surface area contributed by atoms with E-state index >= 15 is 0 Å². The molecular formula is C6H11S. The van der Waals surface area contributed by atoms with Crippen LogP contribution in [-0.2, 0) is 0 Å². The minimum Gasteiger partial charge on any atom is -0.162 e. The van der Waals surface area contributed by atoms with E-state index in [1.54, 1.807) is 0 Å². The second-order valence-corrected chi connectivity index (χ2v) is 3.10. The van der Waals surface area contributed by atoms with Crippen LogP contribution in [0.5, 0.6) is 0 Å². The Morgan fingerprint density at radius 2 is 2.57 bits per heavy atom. The molecule has 1 saturated carbocycles. The van der Waals surface area contributed by atoms with Crippen LogP contribution in [-0.4, -0.2) is 11.5 Å². The summed E-state index contributed by atoms with van der Waals surface area (Å²) < 4.78 is 0. The van der Waals surface area contributed by atoms with E-state index in [9.17, 15) is 0 Å². The molecule has 0 aliphatic heterocycles. The first-order valence-electron chi connectivity index (χ1n) is 2.78. The van der Waals surface area contributed by atoms with Gasteiger partial charge in [0.25, 0.3) is 0 Å². The summed E-state index contributed by atoms with van der Waals surface area (Å²) in [7, 11) is 0. The minimum absolute atomic E-state index is 0.958. The highest BCUT2D eigenvalue weighted by atomic mass is 32.2. The van der Waals surface area contributed by atoms with E-state index in [0.717, 1.165) is 5.25 Å². The fourth-order valence-electron chi connectivity index (χ4n) is 0.939. The average Bonchev–Trinajstić information content (AvgIpc) is 2.14. The Balaban J connectivity index is 2.14. The van der Waals surface area contributed by atoms with Crippen LogP contribution in [0.1, 0.15) is 19.3 Å². The van der Waals surface area contributed by atoms with Gasteiger partial charge in [0.05, 0.1) is 0 Å². The summed E-state index contributed by atoms with van der Waals surface area (Å²) in [4.78, 5) is 0. The van der Waals surface area contributed by atoms with Crippen LogP contribution >= 0.6 is 11.8 Å². The zero-order valence-corrected chi connectivity index (χ0v) is 5.50. The van der Waals surface area contributed by atoms with Crippen molar-refractivity contribution in [3.63, 3.8) is 0 Å². The second kappa shape index (κ2) is 2.61. The van der Waals surface area contributed by atoms with Gasteiger partial charge in [0, 0.05) is 5.25 Å². The largest absolute Gasteiger partial charge is 0.162 e. The summed E-state index contributed by atoms with van der Waals surface area (Å²) in [5, 5.41) is 0.958. The lowest BCUT2D eigenvalue weighted by atomic mass is 10.4. The van der Waals surface area contributed by atoms with Crippen molar-refractivity contribution in [2.45, 2.75) is 24.5 Å². The minimum atomic E-state index is 0.958. The molecular weight excluding hydrogens is 104 g/mol. The summed E-state index contributed by atoms with van der Waals surface area (Å²) >= 11 is 2.00. The van der Waals surface area contributed by atoms with Crippen LogP contribution in [0.3, 0.4) is 0 Å². The molecule has 0 aromatic heterocycles. The molecule has 1 aliphatic carbocycles. The second-order valence-electron chi connectivity index (χ2n) is 1.96. The van der Waals surface area contributed by atoms with Crippen molar-refractivity contribution >= 4 is 11.8 Å². The maximum atomic E-state index is 2.39. The van der Waals surface area contributed by atoms with E-state index in [2.05, 4.69) is 12.7 Å². The predicted molar refractivity (Wildman–Crippen MR) is 35.5 cm³/mol. The smallest absolute Gasteiger partial charge is 0.00471 e. The van der Waals surface area contributed by atoms with Gasteiger partial charge in [0.15, 0.2) is 0 Å². The Kier molecular flexibility index (Phi) is 2.04. The van der Waals surface area contributed by atoms with E-state index in [0.29, 0.717) is 0 Å². The monoisotopic (exact) mass is 115 g/mol. The highest BCUT2D eigenvalue weighted by Crippen LogP contribution is 2.26. The van der Waals surface area contributed by atoms with Crippen molar-refractivity contribution in [2.75, 3.05) is 6.26 Å². The number of rotatable bonds is 1. The molecule has 1 heteroatoms. The van der Waals surface area contributed by atoms with Gasteiger partial charge in [-0.3, -0.25) is 0 Å². The molecule has 0 aromatic rings. The van der Waals surface area contributed by atoms with Crippen molar-refractivity contribution in [1.82, 2.24) is 0 Å². The maximum Gasteiger partial charge on any atom is 0.00471 e. The van der Waals surface area contributed by atoms with E-state index in [1.807, 2.05) is 11.8 Å². The Bertz CT molecular complexity index is 46.1. The molecule has 1 aliphatic rings. The van der Waals surface area contributed by atoms with Gasteiger partial charge < -0.3 is 0 Å². The lowest BCUT2D eigenvalue weighted by molar-refractivity contribution is 0.909. The van der Waals surface area contributed by atoms with Crippen LogP contribution in [0, 0.1) is 6.42 Å². The van der Waals surface area contributed by atoms with Gasteiger partial charge in [0.1, 0.15) is 0 Å². The molecule has 0 heterocycles. The molecule has 7 heavy (non-hydrogen) atoms. The van der Waals surface area contributed by atoms with Crippen LogP contribution < -0.4 is 0 Å². The third kappa shape index (κ3) is 1.37. The van der Waals surface area contributed by atoms with Gasteiger partial charge in [-0.25, -0.2) is 0 Å². The van der Waals surface area contributed by atoms with Gasteiger partial charge in [-0.05, 0) is 31.9 Å². The molecule has 0 N–H and O–H groups in total. The topological polar surface area (TPSA) is 0 Å². The molecule has 1 atom stereocenters. The fraction of sp³-hybridized carbons (Fsp3) is 0.833. The van der Waals surface area contributed by atoms with Gasteiger partial charge in [-0.2, -0.15) is 11.8 Å². The zero-order chi connectivity index (χ0) is 5.11. The normalized spacial score (nSPS) is 23.6. The molecule has 0 nitrogen and oxygen atoms in total. The van der Waals surface area contributed by atoms with Crippen LogP contribution in [0.25, 0.3) is 0 Å². The third-order valence-corrected chi connectivity index (χ3v) is 2.55. The van der Waals surface area contributed by atoms with Crippen LogP contribution in [0.4, 0.5) is 0 Å². The Labute approximate surface area is 49.7 Å². The Morgan fingerprint density at radius 1 is 1.71 bits per heavy atom. The van der Waals surface area contributed by atoms with E-state index in [-0.39, 0.29) is 0 Å². The van der Waals surface area contributed by atoms with Gasteiger partial charge in [-0.15, -0.1) is 0 Å². The summed E-state index contributed by atoms with van der Waals surface area (Å²) in [6.07, 6.45) is 8.71. The van der Waals surface area contributed by atoms with E-state index in [1.165, 1.54) is 19.3 Å². The Morgan fingerprint density at radius 3 is 2.86 bits per heavy atom. The van der Waals surface area contributed by atoms with Gasteiger partial charge in [-0.1, -0.05) is 0 Å². The quantitative estimate of drug-likeness (QED) is 0.504. The SMILES string of the molecule is CSC1C[CH]CC1. The van der Waals surface area contributed by atoms with E-state index < -0.39 is 0 Å². The average molecular weight is 115 g/mol. The summed E-state index contributed by atoms with van der Waals surface area (Å²) in [5.74, 6) is 0. The van der Waals surface area contributed by atoms with Gasteiger partial charge in [0.2, 0.25) is 0 Å². The van der Waals surface area contributed by atoms with E-state index in [4.69, 9.17) is 0 Å². The molecule has 0 spiro atoms. The summed E-state index contributed by atoms with van der Waals surface area (Å²) in [5.41, 5.74) is 0. The lowest BCUT2D eigenvalue weighted by Crippen LogP contribution is -1.89. The summed E-state index contributed by atoms with van der Waals surface area (Å²) in [6.45, 7) is 0. The molecule has 1 rings (SSSR count). The highest BCUT2D eigenvalue weighted by Gasteiger charge is 2.12. The molecule has 0 bridgehead atoms. The van der Waals surface area contributed by atoms with Crippen LogP contribution in [0.15, 0.2) is 0 Å². The Hall–Kier alpha value is 0.350. The molecule has 0 saturated heterocycles. The zero-order valence-electron chi connectivity index (χ0n) is 4.68. The molecule has 0 amide bonds. The van der Waals surface area contributed by atoms with Crippen LogP contribution in [0.2, 0.25) is 0 Å². The van der Waals surface area contributed by atoms with Crippen molar-refractivity contribution in [2.24, 2.45) is 0 Å². The first-order chi connectivity index (χ1) is 3.43. The standard InChI is InChI=1S/C6H11S/c1-7-6-4-2-3-5-6/h2,6H,3-5H2,1H3. The predicted octanol–water partition coefficient (Wildman–Crippen LogP) is 2.11. The maximum absolute atomic E-state index is 2.39. The number of thioether (sulfide) groups is 1. The van der Waals surface area contributed by atoms with Crippen molar-refractivity contribution in [3.05, 3.63) is 6.42 Å². The number of hydrogen-bond acceptors (Lipinski definition) is 1. The molecule has 1 radical (unpaired) electrons. The van der Waals surface area contributed by atoms with Crippen molar-refractivity contribution < 1.29 is 0 Å². The summed E-state index contributed by atoms with van der Waals surface area (Å²) in [6, 6.07) is 0. The molecule has 41 valence electrons. The third-order valence-electron chi connectivity index (χ3n) is 1.46.